The highest BCUT2D eigenvalue weighted by molar-refractivity contribution is 14.2. The van der Waals surface area contributed by atoms with E-state index >= 15 is 0 Å². The van der Waals surface area contributed by atoms with E-state index in [0.29, 0.717) is 12.1 Å². The van der Waals surface area contributed by atoms with Crippen molar-refractivity contribution >= 4 is 47.8 Å². The van der Waals surface area contributed by atoms with Gasteiger partial charge >= 0.3 is 0 Å². The average Bonchev–Trinajstić information content (AvgIpc) is 3.40. The Labute approximate surface area is 235 Å². The normalized spacial score (nSPS) is 18.8. The van der Waals surface area contributed by atoms with Crippen LogP contribution < -0.4 is 4.74 Å². The fourth-order valence-electron chi connectivity index (χ4n) is 4.50. The van der Waals surface area contributed by atoms with Crippen LogP contribution in [0.1, 0.15) is 30.9 Å². The first-order valence-electron chi connectivity index (χ1n) is 11.8. The van der Waals surface area contributed by atoms with Crippen LogP contribution in [0.5, 0.6) is 5.75 Å². The Bertz CT molecular complexity index is 1250. The number of halogens is 2. The van der Waals surface area contributed by atoms with Crippen LogP contribution in [0.2, 0.25) is 0 Å². The Hall–Kier alpha value is -1.85. The third kappa shape index (κ3) is 6.52. The van der Waals surface area contributed by atoms with Gasteiger partial charge in [-0.2, -0.15) is 10.4 Å². The van der Waals surface area contributed by atoms with Crippen molar-refractivity contribution in [2.24, 2.45) is 5.92 Å². The first-order chi connectivity index (χ1) is 17.3. The molecule has 190 valence electrons. The Morgan fingerprint density at radius 2 is 2.17 bits per heavy atom. The van der Waals surface area contributed by atoms with Gasteiger partial charge in [0.25, 0.3) is 0 Å². The van der Waals surface area contributed by atoms with Crippen LogP contribution in [0.3, 0.4) is 0 Å². The van der Waals surface area contributed by atoms with Crippen molar-refractivity contribution < 1.29 is 14.9 Å². The van der Waals surface area contributed by atoms with Gasteiger partial charge in [0.15, 0.2) is 2.12 Å². The molecule has 2 aromatic carbocycles. The zero-order valence-corrected chi connectivity index (χ0v) is 24.5. The maximum atomic E-state index is 10.6. The van der Waals surface area contributed by atoms with Gasteiger partial charge in [0, 0.05) is 36.3 Å². The van der Waals surface area contributed by atoms with Gasteiger partial charge < -0.3 is 14.9 Å². The molecule has 0 aliphatic carbocycles. The van der Waals surface area contributed by atoms with Gasteiger partial charge in [-0.05, 0) is 79.2 Å². The molecule has 9 heteroatoms. The van der Waals surface area contributed by atoms with E-state index in [4.69, 9.17) is 9.84 Å². The predicted octanol–water partition coefficient (Wildman–Crippen LogP) is 4.87. The molecule has 0 amide bonds. The lowest BCUT2D eigenvalue weighted by molar-refractivity contribution is -0.0697. The van der Waals surface area contributed by atoms with Gasteiger partial charge in [-0.15, -0.1) is 0 Å². The van der Waals surface area contributed by atoms with E-state index in [1.807, 2.05) is 36.5 Å². The molecule has 4 rings (SSSR count). The lowest BCUT2D eigenvalue weighted by atomic mass is 9.83. The molecule has 0 spiro atoms. The number of hydrogen-bond donors (Lipinski definition) is 2. The monoisotopic (exact) mass is 712 g/mol. The number of hydrogen-bond acceptors (Lipinski definition) is 6. The molecule has 1 aliphatic rings. The number of likely N-dealkylation sites (tertiary alicyclic amines) is 1. The smallest absolute Gasteiger partial charge is 0.193 e. The summed E-state index contributed by atoms with van der Waals surface area (Å²) in [7, 11) is 0. The summed E-state index contributed by atoms with van der Waals surface area (Å²) < 4.78 is 12.2. The lowest BCUT2D eigenvalue weighted by Gasteiger charge is -2.39. The van der Waals surface area contributed by atoms with Crippen molar-refractivity contribution in [1.29, 1.82) is 5.26 Å². The highest BCUT2D eigenvalue weighted by Crippen LogP contribution is 2.33. The summed E-state index contributed by atoms with van der Waals surface area (Å²) >= 11 is 1.96. The van der Waals surface area contributed by atoms with Crippen molar-refractivity contribution in [2.75, 3.05) is 19.7 Å². The molecule has 3 atom stereocenters. The van der Waals surface area contributed by atoms with Gasteiger partial charge in [0.05, 0.1) is 35.2 Å². The number of benzene rings is 2. The van der Waals surface area contributed by atoms with E-state index in [-0.39, 0.29) is 35.4 Å². The number of aromatic nitrogens is 2. The van der Waals surface area contributed by atoms with Crippen LogP contribution in [0.15, 0.2) is 54.7 Å². The van der Waals surface area contributed by atoms with Crippen molar-refractivity contribution in [2.45, 2.75) is 34.0 Å². The van der Waals surface area contributed by atoms with Crippen molar-refractivity contribution in [3.8, 4) is 28.8 Å². The molecular formula is C27H30I2N4O3. The van der Waals surface area contributed by atoms with Gasteiger partial charge in [0.1, 0.15) is 5.75 Å². The molecule has 7 nitrogen and oxygen atoms in total. The van der Waals surface area contributed by atoms with Crippen LogP contribution in [0.4, 0.5) is 0 Å². The van der Waals surface area contributed by atoms with Gasteiger partial charge in [-0.3, -0.25) is 4.90 Å². The molecule has 1 saturated heterocycles. The zero-order chi connectivity index (χ0) is 25.7. The molecule has 1 fully saturated rings. The SMILES string of the molecule is C=IC(I)Oc1cc(-c2ccn(-c3cccc(C#N)c3)n2)ccc1CN1CCC[C@H]([C@](C)(O)CO)C1. The Morgan fingerprint density at radius 1 is 1.33 bits per heavy atom. The van der Waals surface area contributed by atoms with E-state index in [0.717, 1.165) is 54.2 Å². The average molecular weight is 712 g/mol. The van der Waals surface area contributed by atoms with E-state index in [2.05, 4.69) is 50.2 Å². The topological polar surface area (TPSA) is 94.5 Å². The molecule has 2 N–H and O–H groups in total. The number of piperidine rings is 1. The minimum atomic E-state index is -1.07. The summed E-state index contributed by atoms with van der Waals surface area (Å²) in [5, 5.41) is 34.1. The molecule has 0 bridgehead atoms. The highest BCUT2D eigenvalue weighted by Gasteiger charge is 2.34. The summed E-state index contributed by atoms with van der Waals surface area (Å²) in [6.07, 6.45) is 3.79. The fraction of sp³-hybridized carbons (Fsp3) is 0.370. The number of rotatable bonds is 9. The first kappa shape index (κ1) is 27.2. The summed E-state index contributed by atoms with van der Waals surface area (Å²) in [4.78, 5) is 2.33. The fourth-order valence-corrected chi connectivity index (χ4v) is 5.23. The summed E-state index contributed by atoms with van der Waals surface area (Å²) in [5.41, 5.74) is 3.22. The number of ether oxygens (including phenoxy) is 1. The Morgan fingerprint density at radius 3 is 2.92 bits per heavy atom. The quantitative estimate of drug-likeness (QED) is 0.243. The number of nitrogens with zero attached hydrogens (tertiary/aromatic N) is 4. The van der Waals surface area contributed by atoms with Crippen molar-refractivity contribution in [3.63, 3.8) is 0 Å². The maximum Gasteiger partial charge on any atom is 0.193 e. The van der Waals surface area contributed by atoms with E-state index in [1.54, 1.807) is 17.7 Å². The first-order valence-corrected chi connectivity index (χ1v) is 15.8. The van der Waals surface area contributed by atoms with Crippen molar-refractivity contribution in [1.82, 2.24) is 14.7 Å². The zero-order valence-electron chi connectivity index (χ0n) is 20.1. The second-order valence-electron chi connectivity index (χ2n) is 9.25. The molecule has 0 radical (unpaired) electrons. The molecule has 3 aromatic rings. The summed E-state index contributed by atoms with van der Waals surface area (Å²) in [6, 6.07) is 17.7. The highest BCUT2D eigenvalue weighted by atomic mass is 127. The molecule has 36 heavy (non-hydrogen) atoms. The predicted molar refractivity (Wildman–Crippen MR) is 159 cm³/mol. The standard InChI is InChI=1S/C27H30I2N4O3/c1-27(35,18-34)22-6-4-11-32(17-22)16-21-9-8-20(14-25(21)36-26(28)29-2)24-10-12-33(31-24)23-7-3-5-19(13-23)15-30/h3,5,7-10,12-14,22,26,34-35H,2,4,6,11,16-18H2,1H3/t22-,26?,27+/m0/s1. The van der Waals surface area contributed by atoms with Gasteiger partial charge in [-0.25, -0.2) is 4.68 Å². The molecular weight excluding hydrogens is 682 g/mol. The third-order valence-corrected chi connectivity index (χ3v) is 10.1. The molecule has 1 aliphatic heterocycles. The Balaban J connectivity index is 1.59. The van der Waals surface area contributed by atoms with E-state index < -0.39 is 5.60 Å². The molecule has 1 unspecified atom stereocenters. The number of nitriles is 1. The maximum absolute atomic E-state index is 10.6. The summed E-state index contributed by atoms with van der Waals surface area (Å²) in [5.74, 6) is 0.860. The second kappa shape index (κ2) is 12.1. The van der Waals surface area contributed by atoms with Crippen LogP contribution in [0.25, 0.3) is 16.9 Å². The molecule has 1 aromatic heterocycles. The van der Waals surface area contributed by atoms with Gasteiger partial charge in [-0.1, -0.05) is 43.4 Å². The van der Waals surface area contributed by atoms with Crippen LogP contribution in [-0.2, 0) is 6.54 Å². The number of aliphatic hydroxyl groups excluding tert-OH is 1. The van der Waals surface area contributed by atoms with Crippen LogP contribution in [0, 0.1) is 17.2 Å². The van der Waals surface area contributed by atoms with Crippen LogP contribution >= 0.6 is 43.3 Å². The largest absolute Gasteiger partial charge is 0.470 e. The summed E-state index contributed by atoms with van der Waals surface area (Å²) in [6.45, 7) is 3.88. The minimum absolute atomic E-state index is 0.0337. The second-order valence-corrected chi connectivity index (χ2v) is 14.8. The minimum Gasteiger partial charge on any atom is -0.470 e. The van der Waals surface area contributed by atoms with Crippen molar-refractivity contribution in [3.05, 3.63) is 65.9 Å². The number of alkyl halides is 2. The molecule has 0 saturated carbocycles. The Kier molecular flexibility index (Phi) is 9.16. The van der Waals surface area contributed by atoms with E-state index in [9.17, 15) is 15.5 Å². The molecule has 2 heterocycles. The van der Waals surface area contributed by atoms with Gasteiger partial charge in [0.2, 0.25) is 0 Å². The lowest BCUT2D eigenvalue weighted by Crippen LogP contribution is -2.47. The third-order valence-electron chi connectivity index (χ3n) is 6.63. The van der Waals surface area contributed by atoms with Crippen LogP contribution in [-0.4, -0.2) is 56.8 Å². The van der Waals surface area contributed by atoms with E-state index in [1.165, 1.54) is 0 Å². The number of aliphatic hydroxyl groups is 2.